The Bertz CT molecular complexity index is 1190. The van der Waals surface area contributed by atoms with Gasteiger partial charge >= 0.3 is 0 Å². The van der Waals surface area contributed by atoms with Gasteiger partial charge < -0.3 is 20.3 Å². The third-order valence-electron chi connectivity index (χ3n) is 4.80. The highest BCUT2D eigenvalue weighted by molar-refractivity contribution is 7.22. The second kappa shape index (κ2) is 8.19. The van der Waals surface area contributed by atoms with E-state index in [9.17, 15) is 4.79 Å². The minimum Gasteiger partial charge on any atom is -0.436 e. The Labute approximate surface area is 182 Å². The molecule has 3 heterocycles. The SMILES string of the molecule is CC1CN(c2nccnc2Oc2ccc(Nc3nc4ccccc4s3)cc2)CC(=O)N1. The second-order valence-electron chi connectivity index (χ2n) is 7.27. The van der Waals surface area contributed by atoms with Gasteiger partial charge in [-0.15, -0.1) is 0 Å². The molecular weight excluding hydrogens is 412 g/mol. The first kappa shape index (κ1) is 19.3. The number of benzene rings is 2. The molecule has 156 valence electrons. The summed E-state index contributed by atoms with van der Waals surface area (Å²) in [6.45, 7) is 2.83. The van der Waals surface area contributed by atoms with Gasteiger partial charge in [0.2, 0.25) is 5.91 Å². The van der Waals surface area contributed by atoms with Gasteiger partial charge in [-0.3, -0.25) is 4.79 Å². The second-order valence-corrected chi connectivity index (χ2v) is 8.30. The molecule has 0 saturated carbocycles. The maximum absolute atomic E-state index is 11.9. The summed E-state index contributed by atoms with van der Waals surface area (Å²) >= 11 is 1.61. The van der Waals surface area contributed by atoms with Gasteiger partial charge in [-0.2, -0.15) is 0 Å². The van der Waals surface area contributed by atoms with E-state index < -0.39 is 0 Å². The molecule has 31 heavy (non-hydrogen) atoms. The normalized spacial score (nSPS) is 16.2. The number of ether oxygens (including phenoxy) is 1. The Kier molecular flexibility index (Phi) is 5.09. The fraction of sp³-hybridized carbons (Fsp3) is 0.182. The predicted molar refractivity (Wildman–Crippen MR) is 121 cm³/mol. The Balaban J connectivity index is 1.31. The molecule has 1 atom stereocenters. The summed E-state index contributed by atoms with van der Waals surface area (Å²) in [6, 6.07) is 15.6. The number of piperazine rings is 1. The number of carbonyl (C=O) groups excluding carboxylic acids is 1. The Morgan fingerprint density at radius 2 is 1.94 bits per heavy atom. The highest BCUT2D eigenvalue weighted by Gasteiger charge is 2.25. The minimum atomic E-state index is -0.0411. The highest BCUT2D eigenvalue weighted by Crippen LogP contribution is 2.31. The topological polar surface area (TPSA) is 92.3 Å². The molecule has 1 saturated heterocycles. The van der Waals surface area contributed by atoms with Gasteiger partial charge in [-0.05, 0) is 43.3 Å². The highest BCUT2D eigenvalue weighted by atomic mass is 32.1. The number of nitrogens with zero attached hydrogens (tertiary/aromatic N) is 4. The van der Waals surface area contributed by atoms with Crippen LogP contribution in [0.5, 0.6) is 11.6 Å². The summed E-state index contributed by atoms with van der Waals surface area (Å²) in [5.41, 5.74) is 1.89. The number of carbonyl (C=O) groups is 1. The van der Waals surface area contributed by atoms with Crippen molar-refractivity contribution < 1.29 is 9.53 Å². The largest absolute Gasteiger partial charge is 0.436 e. The van der Waals surface area contributed by atoms with Gasteiger partial charge in [-0.25, -0.2) is 15.0 Å². The van der Waals surface area contributed by atoms with E-state index in [0.29, 0.717) is 24.0 Å². The average Bonchev–Trinajstić information content (AvgIpc) is 3.17. The number of fused-ring (bicyclic) bond motifs is 1. The van der Waals surface area contributed by atoms with Crippen molar-refractivity contribution in [2.75, 3.05) is 23.3 Å². The third-order valence-corrected chi connectivity index (χ3v) is 5.75. The zero-order valence-electron chi connectivity index (χ0n) is 16.8. The van der Waals surface area contributed by atoms with Crippen LogP contribution in [0, 0.1) is 0 Å². The van der Waals surface area contributed by atoms with E-state index in [2.05, 4.69) is 31.7 Å². The molecule has 1 fully saturated rings. The number of hydrogen-bond acceptors (Lipinski definition) is 8. The average molecular weight is 433 g/mol. The van der Waals surface area contributed by atoms with Crippen LogP contribution in [0.4, 0.5) is 16.6 Å². The molecule has 1 aliphatic heterocycles. The zero-order chi connectivity index (χ0) is 21.2. The number of nitrogens with one attached hydrogen (secondary N) is 2. The standard InChI is InChI=1S/C22H20N6O2S/c1-14-12-28(13-19(29)25-14)20-21(24-11-10-23-20)30-16-8-6-15(7-9-16)26-22-27-17-4-2-3-5-18(17)31-22/h2-11,14H,12-13H2,1H3,(H,25,29)(H,26,27). The van der Waals surface area contributed by atoms with Crippen LogP contribution in [0.15, 0.2) is 60.9 Å². The van der Waals surface area contributed by atoms with Crippen LogP contribution in [-0.2, 0) is 4.79 Å². The summed E-state index contributed by atoms with van der Waals surface area (Å²) < 4.78 is 7.14. The summed E-state index contributed by atoms with van der Waals surface area (Å²) in [5, 5.41) is 7.07. The molecule has 0 spiro atoms. The summed E-state index contributed by atoms with van der Waals surface area (Å²) in [4.78, 5) is 27.1. The molecule has 9 heteroatoms. The number of thiazole rings is 1. The maximum Gasteiger partial charge on any atom is 0.263 e. The molecule has 4 aromatic rings. The van der Waals surface area contributed by atoms with Gasteiger partial charge in [0.15, 0.2) is 10.9 Å². The molecular formula is C22H20N6O2S. The smallest absolute Gasteiger partial charge is 0.263 e. The molecule has 2 N–H and O–H groups in total. The number of amides is 1. The first-order valence-electron chi connectivity index (χ1n) is 9.90. The molecule has 5 rings (SSSR count). The van der Waals surface area contributed by atoms with E-state index in [1.54, 1.807) is 23.7 Å². The van der Waals surface area contributed by atoms with E-state index in [1.165, 1.54) is 0 Å². The van der Waals surface area contributed by atoms with Crippen LogP contribution in [0.25, 0.3) is 10.2 Å². The third kappa shape index (κ3) is 4.26. The van der Waals surface area contributed by atoms with Crippen molar-refractivity contribution in [3.05, 3.63) is 60.9 Å². The van der Waals surface area contributed by atoms with Crippen LogP contribution in [0.2, 0.25) is 0 Å². The van der Waals surface area contributed by atoms with Gasteiger partial charge in [0, 0.05) is 30.7 Å². The Morgan fingerprint density at radius 3 is 2.74 bits per heavy atom. The van der Waals surface area contributed by atoms with Crippen molar-refractivity contribution >= 4 is 44.1 Å². The van der Waals surface area contributed by atoms with Gasteiger partial charge in [-0.1, -0.05) is 23.5 Å². The van der Waals surface area contributed by atoms with Crippen molar-refractivity contribution in [3.8, 4) is 11.6 Å². The first-order valence-corrected chi connectivity index (χ1v) is 10.7. The lowest BCUT2D eigenvalue weighted by atomic mass is 10.2. The molecule has 0 radical (unpaired) electrons. The molecule has 1 unspecified atom stereocenters. The lowest BCUT2D eigenvalue weighted by Gasteiger charge is -2.32. The molecule has 8 nitrogen and oxygen atoms in total. The first-order chi connectivity index (χ1) is 15.1. The summed E-state index contributed by atoms with van der Waals surface area (Å²) in [5.74, 6) is 1.52. The number of hydrogen-bond donors (Lipinski definition) is 2. The number of para-hydroxylation sites is 1. The number of rotatable bonds is 5. The van der Waals surface area contributed by atoms with Crippen LogP contribution in [0.1, 0.15) is 6.92 Å². The maximum atomic E-state index is 11.9. The van der Waals surface area contributed by atoms with Crippen LogP contribution >= 0.6 is 11.3 Å². The minimum absolute atomic E-state index is 0.0315. The van der Waals surface area contributed by atoms with Crippen molar-refractivity contribution in [2.45, 2.75) is 13.0 Å². The van der Waals surface area contributed by atoms with Crippen molar-refractivity contribution in [3.63, 3.8) is 0 Å². The van der Waals surface area contributed by atoms with E-state index in [-0.39, 0.29) is 18.5 Å². The fourth-order valence-electron chi connectivity index (χ4n) is 3.47. The van der Waals surface area contributed by atoms with Crippen LogP contribution in [-0.4, -0.2) is 40.0 Å². The molecule has 0 aliphatic carbocycles. The molecule has 2 aromatic heterocycles. The van der Waals surface area contributed by atoms with E-state index in [1.807, 2.05) is 54.3 Å². The quantitative estimate of drug-likeness (QED) is 0.493. The van der Waals surface area contributed by atoms with Crippen LogP contribution in [0.3, 0.4) is 0 Å². The molecule has 1 aliphatic rings. The Hall–Kier alpha value is -3.72. The summed E-state index contributed by atoms with van der Waals surface area (Å²) in [7, 11) is 0. The van der Waals surface area contributed by atoms with Gasteiger partial charge in [0.05, 0.1) is 16.8 Å². The molecule has 2 aromatic carbocycles. The Morgan fingerprint density at radius 1 is 1.13 bits per heavy atom. The van der Waals surface area contributed by atoms with Crippen molar-refractivity contribution in [1.29, 1.82) is 0 Å². The monoisotopic (exact) mass is 432 g/mol. The lowest BCUT2D eigenvalue weighted by Crippen LogP contribution is -2.53. The van der Waals surface area contributed by atoms with E-state index in [0.717, 1.165) is 21.0 Å². The predicted octanol–water partition coefficient (Wildman–Crippen LogP) is 3.95. The fourth-order valence-corrected chi connectivity index (χ4v) is 4.36. The lowest BCUT2D eigenvalue weighted by molar-refractivity contribution is -0.121. The van der Waals surface area contributed by atoms with Crippen molar-refractivity contribution in [2.24, 2.45) is 0 Å². The van der Waals surface area contributed by atoms with E-state index in [4.69, 9.17) is 4.74 Å². The number of aromatic nitrogens is 3. The van der Waals surface area contributed by atoms with E-state index >= 15 is 0 Å². The molecule has 0 bridgehead atoms. The molecule has 1 amide bonds. The van der Waals surface area contributed by atoms with Crippen LogP contribution < -0.4 is 20.3 Å². The van der Waals surface area contributed by atoms with Gasteiger partial charge in [0.25, 0.3) is 5.88 Å². The van der Waals surface area contributed by atoms with Gasteiger partial charge in [0.1, 0.15) is 5.75 Å². The zero-order valence-corrected chi connectivity index (χ0v) is 17.6. The summed E-state index contributed by atoms with van der Waals surface area (Å²) in [6.07, 6.45) is 3.18. The van der Waals surface area contributed by atoms with Crippen molar-refractivity contribution in [1.82, 2.24) is 20.3 Å². The number of anilines is 3.